The molecule has 0 atom stereocenters. The normalized spacial score (nSPS) is 11.3. The minimum absolute atomic E-state index is 0.183. The van der Waals surface area contributed by atoms with Gasteiger partial charge in [-0.1, -0.05) is 28.9 Å². The van der Waals surface area contributed by atoms with E-state index in [-0.39, 0.29) is 11.6 Å². The minimum Gasteiger partial charge on any atom is -0.361 e. The molecule has 1 heterocycles. The predicted octanol–water partition coefficient (Wildman–Crippen LogP) is 6.40. The van der Waals surface area contributed by atoms with E-state index in [1.165, 1.54) is 18.2 Å². The second-order valence-electron chi connectivity index (χ2n) is 6.56. The summed E-state index contributed by atoms with van der Waals surface area (Å²) in [6, 6.07) is 16.6. The molecule has 6 heteroatoms. The van der Waals surface area contributed by atoms with Gasteiger partial charge in [-0.2, -0.15) is 0 Å². The number of ketones is 1. The van der Waals surface area contributed by atoms with Gasteiger partial charge in [-0.15, -0.1) is 0 Å². The van der Waals surface area contributed by atoms with E-state index in [9.17, 15) is 9.18 Å². The van der Waals surface area contributed by atoms with Crippen molar-refractivity contribution in [2.75, 3.05) is 5.32 Å². The summed E-state index contributed by atoms with van der Waals surface area (Å²) in [5.74, 6) is -0.128. The van der Waals surface area contributed by atoms with Crippen molar-refractivity contribution in [1.82, 2.24) is 5.16 Å². The summed E-state index contributed by atoms with van der Waals surface area (Å²) in [7, 11) is 0. The van der Waals surface area contributed by atoms with E-state index in [1.54, 1.807) is 42.6 Å². The average Bonchev–Trinajstić information content (AvgIpc) is 3.13. The van der Waals surface area contributed by atoms with Gasteiger partial charge in [0, 0.05) is 34.1 Å². The van der Waals surface area contributed by atoms with Crippen LogP contribution < -0.4 is 5.32 Å². The largest absolute Gasteiger partial charge is 0.361 e. The Morgan fingerprint density at radius 1 is 1.14 bits per heavy atom. The molecule has 1 N–H and O–H groups in total. The summed E-state index contributed by atoms with van der Waals surface area (Å²) < 4.78 is 18.9. The maximum Gasteiger partial charge on any atom is 0.187 e. The third-order valence-corrected chi connectivity index (χ3v) is 4.74. The van der Waals surface area contributed by atoms with Crippen LogP contribution >= 0.6 is 11.6 Å². The lowest BCUT2D eigenvalue weighted by molar-refractivity contribution is 0.104. The molecule has 0 radical (unpaired) electrons. The first-order valence-electron chi connectivity index (χ1n) is 8.90. The first-order valence-corrected chi connectivity index (χ1v) is 9.28. The molecule has 0 bridgehead atoms. The van der Waals surface area contributed by atoms with Crippen LogP contribution in [0.5, 0.6) is 0 Å². The number of nitrogens with one attached hydrogen (secondary N) is 1. The van der Waals surface area contributed by atoms with Gasteiger partial charge in [0.2, 0.25) is 0 Å². The predicted molar refractivity (Wildman–Crippen MR) is 113 cm³/mol. The smallest absolute Gasteiger partial charge is 0.187 e. The van der Waals surface area contributed by atoms with Crippen LogP contribution in [-0.2, 0) is 0 Å². The zero-order valence-electron chi connectivity index (χ0n) is 15.4. The van der Waals surface area contributed by atoms with Gasteiger partial charge in [-0.25, -0.2) is 4.39 Å². The molecular weight excluding hydrogens is 391 g/mol. The minimum atomic E-state index is -0.370. The lowest BCUT2D eigenvalue weighted by Gasteiger charge is -2.05. The van der Waals surface area contributed by atoms with Gasteiger partial charge in [0.25, 0.3) is 0 Å². The van der Waals surface area contributed by atoms with Gasteiger partial charge in [-0.05, 0) is 61.0 Å². The third kappa shape index (κ3) is 4.05. The Morgan fingerprint density at radius 2 is 2.00 bits per heavy atom. The quantitative estimate of drug-likeness (QED) is 0.307. The number of rotatable bonds is 5. The Hall–Kier alpha value is -3.44. The van der Waals surface area contributed by atoms with E-state index in [1.807, 2.05) is 19.1 Å². The molecule has 3 aromatic carbocycles. The molecule has 0 saturated carbocycles. The van der Waals surface area contributed by atoms with Gasteiger partial charge in [0.05, 0.1) is 5.39 Å². The monoisotopic (exact) mass is 406 g/mol. The Kier molecular flexibility index (Phi) is 5.14. The number of benzene rings is 3. The summed E-state index contributed by atoms with van der Waals surface area (Å²) in [6.45, 7) is 1.93. The van der Waals surface area contributed by atoms with Crippen LogP contribution in [0.15, 0.2) is 77.5 Å². The fourth-order valence-corrected chi connectivity index (χ4v) is 3.25. The molecule has 0 unspecified atom stereocenters. The van der Waals surface area contributed by atoms with Crippen molar-refractivity contribution in [3.63, 3.8) is 0 Å². The summed E-state index contributed by atoms with van der Waals surface area (Å²) in [5, 5.41) is 8.38. The second kappa shape index (κ2) is 7.89. The van der Waals surface area contributed by atoms with Gasteiger partial charge in [-0.3, -0.25) is 4.79 Å². The molecule has 144 valence electrons. The van der Waals surface area contributed by atoms with Crippen molar-refractivity contribution in [3.05, 3.63) is 94.9 Å². The first-order chi connectivity index (χ1) is 14.0. The van der Waals surface area contributed by atoms with Crippen molar-refractivity contribution in [3.8, 4) is 11.3 Å². The van der Waals surface area contributed by atoms with Crippen molar-refractivity contribution in [2.24, 2.45) is 0 Å². The number of aryl methyl sites for hydroxylation is 1. The van der Waals surface area contributed by atoms with E-state index in [2.05, 4.69) is 10.5 Å². The highest BCUT2D eigenvalue weighted by Crippen LogP contribution is 2.30. The highest BCUT2D eigenvalue weighted by Gasteiger charge is 2.13. The summed E-state index contributed by atoms with van der Waals surface area (Å²) in [4.78, 5) is 12.6. The molecule has 4 aromatic rings. The molecule has 4 rings (SSSR count). The van der Waals surface area contributed by atoms with Gasteiger partial charge < -0.3 is 9.84 Å². The van der Waals surface area contributed by atoms with Crippen LogP contribution in [0.4, 0.5) is 10.1 Å². The Bertz CT molecular complexity index is 1250. The van der Waals surface area contributed by atoms with Crippen LogP contribution in [0.1, 0.15) is 15.9 Å². The molecule has 0 aliphatic rings. The second-order valence-corrected chi connectivity index (χ2v) is 6.99. The van der Waals surface area contributed by atoms with Crippen LogP contribution in [0.3, 0.4) is 0 Å². The Balaban J connectivity index is 1.58. The van der Waals surface area contributed by atoms with E-state index in [0.29, 0.717) is 32.8 Å². The number of fused-ring (bicyclic) bond motifs is 1. The van der Waals surface area contributed by atoms with Crippen LogP contribution in [-0.4, -0.2) is 10.9 Å². The maximum atomic E-state index is 13.6. The number of hydrogen-bond acceptors (Lipinski definition) is 4. The summed E-state index contributed by atoms with van der Waals surface area (Å²) in [6.07, 6.45) is 3.04. The molecule has 4 nitrogen and oxygen atoms in total. The molecule has 0 aliphatic heterocycles. The zero-order valence-corrected chi connectivity index (χ0v) is 16.2. The Morgan fingerprint density at radius 3 is 2.79 bits per heavy atom. The van der Waals surface area contributed by atoms with E-state index >= 15 is 0 Å². The van der Waals surface area contributed by atoms with E-state index in [4.69, 9.17) is 16.1 Å². The van der Waals surface area contributed by atoms with Gasteiger partial charge in [0.1, 0.15) is 11.3 Å². The van der Waals surface area contributed by atoms with Crippen LogP contribution in [0.25, 0.3) is 22.2 Å². The molecule has 0 aliphatic carbocycles. The van der Waals surface area contributed by atoms with Crippen molar-refractivity contribution < 1.29 is 13.7 Å². The summed E-state index contributed by atoms with van der Waals surface area (Å²) >= 11 is 5.95. The first kappa shape index (κ1) is 18.9. The molecule has 0 spiro atoms. The number of allylic oxidation sites excluding steroid dienone is 1. The molecule has 29 heavy (non-hydrogen) atoms. The van der Waals surface area contributed by atoms with Gasteiger partial charge in [0.15, 0.2) is 11.5 Å². The number of aromatic nitrogens is 1. The number of nitrogens with zero attached hydrogens (tertiary/aromatic N) is 1. The highest BCUT2D eigenvalue weighted by molar-refractivity contribution is 6.30. The fourth-order valence-electron chi connectivity index (χ4n) is 3.03. The van der Waals surface area contributed by atoms with Crippen molar-refractivity contribution >= 4 is 34.0 Å². The Labute approximate surface area is 171 Å². The number of carbonyl (C=O) groups excluding carboxylic acids is 1. The molecule has 0 amide bonds. The third-order valence-electron chi connectivity index (χ3n) is 4.51. The maximum absolute atomic E-state index is 13.6. The number of halogens is 2. The number of anilines is 1. The SMILES string of the molecule is Cc1cc(Cl)ccc1NC=CC(=O)c1ccc2noc(-c3cccc(F)c3)c2c1. The average molecular weight is 407 g/mol. The van der Waals surface area contributed by atoms with Crippen LogP contribution in [0, 0.1) is 12.7 Å². The topological polar surface area (TPSA) is 55.1 Å². The fraction of sp³-hybridized carbons (Fsp3) is 0.0435. The molecule has 0 saturated heterocycles. The van der Waals surface area contributed by atoms with Crippen LogP contribution in [0.2, 0.25) is 5.02 Å². The summed E-state index contributed by atoms with van der Waals surface area (Å²) in [5.41, 5.74) is 3.47. The van der Waals surface area contributed by atoms with E-state index in [0.717, 1.165) is 11.3 Å². The molecular formula is C23H16ClFN2O2. The zero-order chi connectivity index (χ0) is 20.4. The van der Waals surface area contributed by atoms with Crippen molar-refractivity contribution in [1.29, 1.82) is 0 Å². The van der Waals surface area contributed by atoms with E-state index < -0.39 is 0 Å². The number of hydrogen-bond donors (Lipinski definition) is 1. The highest BCUT2D eigenvalue weighted by atomic mass is 35.5. The lowest BCUT2D eigenvalue weighted by atomic mass is 10.0. The number of carbonyl (C=O) groups is 1. The lowest BCUT2D eigenvalue weighted by Crippen LogP contribution is -1.97. The van der Waals surface area contributed by atoms with Gasteiger partial charge >= 0.3 is 0 Å². The van der Waals surface area contributed by atoms with Crippen molar-refractivity contribution in [2.45, 2.75) is 6.92 Å². The molecule has 1 aromatic heterocycles. The standard InChI is InChI=1S/C23H16ClFN2O2/c1-14-11-17(24)6-8-20(14)26-10-9-22(28)15-5-7-21-19(13-15)23(29-27-21)16-3-2-4-18(25)12-16/h2-13,26H,1H3. The molecule has 0 fully saturated rings.